The van der Waals surface area contributed by atoms with E-state index >= 15 is 0 Å². The highest BCUT2D eigenvalue weighted by Gasteiger charge is 2.38. The number of aryl methyl sites for hydroxylation is 1. The molecule has 2 aromatic heterocycles. The summed E-state index contributed by atoms with van der Waals surface area (Å²) < 4.78 is 60.8. The highest BCUT2D eigenvalue weighted by molar-refractivity contribution is 5.73. The Kier molecular flexibility index (Phi) is 8.46. The van der Waals surface area contributed by atoms with Crippen LogP contribution in [-0.4, -0.2) is 48.3 Å². The summed E-state index contributed by atoms with van der Waals surface area (Å²) in [5.41, 5.74) is 7.84. The lowest BCUT2D eigenvalue weighted by Gasteiger charge is -2.12. The summed E-state index contributed by atoms with van der Waals surface area (Å²) in [5, 5.41) is 17.6. The number of alkyl halides is 3. The number of aliphatic carboxylic acids is 1. The predicted molar refractivity (Wildman–Crippen MR) is 112 cm³/mol. The zero-order valence-electron chi connectivity index (χ0n) is 18.0. The standard InChI is InChI=1S/C18H20F2N6O.C2HF3O2/c1-3-25-10-13(9-22-25)14-5-4-6-15(11(14)2)26-16(23-24-18(26)27)7-12(8-21)17(19)20;3-2(4,5)1(6)7/h4-6,9-10H,3,7-8,21H2,1-2H3,(H,24,27);(H,6,7). The fraction of sp³-hybridized carbons (Fsp3) is 0.300. The van der Waals surface area contributed by atoms with Gasteiger partial charge >= 0.3 is 17.8 Å². The topological polar surface area (TPSA) is 132 Å². The van der Waals surface area contributed by atoms with Gasteiger partial charge in [0.25, 0.3) is 6.08 Å². The largest absolute Gasteiger partial charge is 0.490 e. The van der Waals surface area contributed by atoms with E-state index in [9.17, 15) is 26.7 Å². The minimum atomic E-state index is -5.08. The first kappa shape index (κ1) is 26.4. The van der Waals surface area contributed by atoms with Crippen LogP contribution in [0.5, 0.6) is 0 Å². The summed E-state index contributed by atoms with van der Waals surface area (Å²) in [6.45, 7) is 4.29. The second kappa shape index (κ2) is 10.9. The Balaban J connectivity index is 0.000000509. The first-order valence-electron chi connectivity index (χ1n) is 9.72. The van der Waals surface area contributed by atoms with Crippen LogP contribution >= 0.6 is 0 Å². The summed E-state index contributed by atoms with van der Waals surface area (Å²) in [6.07, 6.45) is -3.48. The second-order valence-corrected chi connectivity index (χ2v) is 6.86. The van der Waals surface area contributed by atoms with Gasteiger partial charge in [-0.3, -0.25) is 4.68 Å². The van der Waals surface area contributed by atoms with Gasteiger partial charge in [0, 0.05) is 36.8 Å². The number of H-pyrrole nitrogens is 1. The monoisotopic (exact) mass is 488 g/mol. The molecule has 0 radical (unpaired) electrons. The third kappa shape index (κ3) is 6.15. The van der Waals surface area contributed by atoms with Crippen molar-refractivity contribution in [2.24, 2.45) is 5.73 Å². The molecule has 0 spiro atoms. The third-order valence-electron chi connectivity index (χ3n) is 4.68. The van der Waals surface area contributed by atoms with E-state index in [1.807, 2.05) is 26.1 Å². The molecule has 0 aliphatic carbocycles. The van der Waals surface area contributed by atoms with E-state index in [-0.39, 0.29) is 24.4 Å². The second-order valence-electron chi connectivity index (χ2n) is 6.86. The fourth-order valence-electron chi connectivity index (χ4n) is 2.96. The minimum absolute atomic E-state index is 0.178. The maximum absolute atomic E-state index is 13.0. The molecule has 3 aromatic rings. The normalized spacial score (nSPS) is 11.1. The maximum Gasteiger partial charge on any atom is 0.490 e. The Labute approximate surface area is 189 Å². The van der Waals surface area contributed by atoms with Crippen molar-refractivity contribution >= 4 is 5.97 Å². The van der Waals surface area contributed by atoms with Crippen LogP contribution in [0.2, 0.25) is 0 Å². The van der Waals surface area contributed by atoms with Gasteiger partial charge in [0.15, 0.2) is 0 Å². The highest BCUT2D eigenvalue weighted by atomic mass is 19.4. The molecular weight excluding hydrogens is 467 g/mol. The van der Waals surface area contributed by atoms with E-state index in [4.69, 9.17) is 15.6 Å². The first-order valence-corrected chi connectivity index (χ1v) is 9.72. The van der Waals surface area contributed by atoms with Crippen LogP contribution in [0.4, 0.5) is 22.0 Å². The summed E-state index contributed by atoms with van der Waals surface area (Å²) in [6, 6.07) is 5.48. The number of nitrogens with zero attached hydrogens (tertiary/aromatic N) is 4. The predicted octanol–water partition coefficient (Wildman–Crippen LogP) is 3.04. The molecule has 34 heavy (non-hydrogen) atoms. The highest BCUT2D eigenvalue weighted by Crippen LogP contribution is 2.27. The van der Waals surface area contributed by atoms with Gasteiger partial charge in [-0.15, -0.1) is 0 Å². The molecular formula is C20H21F5N6O3. The number of hydrogen-bond acceptors (Lipinski definition) is 5. The Morgan fingerprint density at radius 3 is 2.41 bits per heavy atom. The average molecular weight is 488 g/mol. The molecule has 0 saturated carbocycles. The molecule has 0 fully saturated rings. The number of aromatic amines is 1. The van der Waals surface area contributed by atoms with Crippen molar-refractivity contribution in [3.8, 4) is 16.8 Å². The van der Waals surface area contributed by atoms with Gasteiger partial charge in [-0.25, -0.2) is 19.3 Å². The fourth-order valence-corrected chi connectivity index (χ4v) is 2.96. The summed E-state index contributed by atoms with van der Waals surface area (Å²) in [7, 11) is 0. The van der Waals surface area contributed by atoms with E-state index in [1.54, 1.807) is 23.0 Å². The molecule has 184 valence electrons. The van der Waals surface area contributed by atoms with E-state index in [1.165, 1.54) is 4.57 Å². The molecule has 0 atom stereocenters. The minimum Gasteiger partial charge on any atom is -0.475 e. The van der Waals surface area contributed by atoms with Gasteiger partial charge in [0.2, 0.25) is 0 Å². The van der Waals surface area contributed by atoms with Gasteiger partial charge in [-0.05, 0) is 31.0 Å². The number of carbonyl (C=O) groups is 1. The first-order chi connectivity index (χ1) is 15.9. The van der Waals surface area contributed by atoms with Gasteiger partial charge < -0.3 is 10.8 Å². The van der Waals surface area contributed by atoms with Crippen LogP contribution in [0, 0.1) is 6.92 Å². The number of aromatic nitrogens is 5. The molecule has 0 aliphatic rings. The molecule has 0 bridgehead atoms. The average Bonchev–Trinajstić information content (AvgIpc) is 3.38. The number of carboxylic acids is 1. The van der Waals surface area contributed by atoms with Crippen molar-refractivity contribution in [2.45, 2.75) is 33.0 Å². The van der Waals surface area contributed by atoms with Crippen LogP contribution < -0.4 is 11.4 Å². The van der Waals surface area contributed by atoms with Crippen LogP contribution in [0.3, 0.4) is 0 Å². The molecule has 4 N–H and O–H groups in total. The van der Waals surface area contributed by atoms with E-state index in [2.05, 4.69) is 15.3 Å². The molecule has 1 aromatic carbocycles. The number of nitrogens with two attached hydrogens (primary N) is 1. The van der Waals surface area contributed by atoms with Crippen molar-refractivity contribution < 1.29 is 31.9 Å². The lowest BCUT2D eigenvalue weighted by Crippen LogP contribution is -2.21. The number of rotatable bonds is 6. The Morgan fingerprint density at radius 1 is 1.26 bits per heavy atom. The van der Waals surface area contributed by atoms with Crippen LogP contribution in [0.15, 0.2) is 47.0 Å². The zero-order valence-corrected chi connectivity index (χ0v) is 18.0. The lowest BCUT2D eigenvalue weighted by molar-refractivity contribution is -0.192. The molecule has 0 saturated heterocycles. The summed E-state index contributed by atoms with van der Waals surface area (Å²) >= 11 is 0. The van der Waals surface area contributed by atoms with Crippen molar-refractivity contribution in [2.75, 3.05) is 6.54 Å². The number of hydrogen-bond donors (Lipinski definition) is 3. The van der Waals surface area contributed by atoms with Gasteiger partial charge in [0.1, 0.15) is 5.82 Å². The smallest absolute Gasteiger partial charge is 0.475 e. The zero-order chi connectivity index (χ0) is 25.6. The Bertz CT molecular complexity index is 1240. The van der Waals surface area contributed by atoms with E-state index in [0.29, 0.717) is 5.69 Å². The third-order valence-corrected chi connectivity index (χ3v) is 4.68. The van der Waals surface area contributed by atoms with Crippen molar-refractivity contribution in [3.05, 3.63) is 64.1 Å². The quantitative estimate of drug-likeness (QED) is 0.457. The molecule has 0 amide bonds. The number of halogens is 5. The maximum atomic E-state index is 13.0. The van der Waals surface area contributed by atoms with Crippen LogP contribution in [0.25, 0.3) is 16.8 Å². The van der Waals surface area contributed by atoms with Gasteiger partial charge in [0.05, 0.1) is 11.9 Å². The number of carboxylic acid groups (broad SMARTS) is 1. The van der Waals surface area contributed by atoms with E-state index in [0.717, 1.165) is 23.2 Å². The van der Waals surface area contributed by atoms with Crippen LogP contribution in [0.1, 0.15) is 18.3 Å². The number of benzene rings is 1. The Morgan fingerprint density at radius 2 is 1.91 bits per heavy atom. The Hall–Kier alpha value is -3.81. The molecule has 0 aliphatic heterocycles. The SMILES string of the molecule is CCn1cc(-c2cccc(-n3c(CC(CN)=C(F)F)n[nH]c3=O)c2C)cn1.O=C(O)C(F)(F)F. The molecule has 14 heteroatoms. The van der Waals surface area contributed by atoms with Crippen molar-refractivity contribution in [3.63, 3.8) is 0 Å². The van der Waals surface area contributed by atoms with Crippen LogP contribution in [-0.2, 0) is 17.8 Å². The molecule has 2 heterocycles. The van der Waals surface area contributed by atoms with Gasteiger partial charge in [-0.1, -0.05) is 12.1 Å². The van der Waals surface area contributed by atoms with Crippen molar-refractivity contribution in [1.82, 2.24) is 24.5 Å². The van der Waals surface area contributed by atoms with Gasteiger partial charge in [-0.2, -0.15) is 32.1 Å². The molecule has 3 rings (SSSR count). The molecule has 9 nitrogen and oxygen atoms in total. The van der Waals surface area contributed by atoms with E-state index < -0.39 is 23.9 Å². The lowest BCUT2D eigenvalue weighted by atomic mass is 10.0. The summed E-state index contributed by atoms with van der Waals surface area (Å²) in [4.78, 5) is 21.2. The summed E-state index contributed by atoms with van der Waals surface area (Å²) in [5.74, 6) is -2.58. The number of nitrogens with one attached hydrogen (secondary N) is 1. The van der Waals surface area contributed by atoms with Crippen molar-refractivity contribution in [1.29, 1.82) is 0 Å². The molecule has 0 unspecified atom stereocenters.